The molecule has 2 aromatic heterocycles. The summed E-state index contributed by atoms with van der Waals surface area (Å²) < 4.78 is 12.8. The second-order valence-electron chi connectivity index (χ2n) is 7.31. The number of hydrogen-bond donors (Lipinski definition) is 1. The second kappa shape index (κ2) is 8.02. The molecule has 2 aliphatic rings. The first-order valence-corrected chi connectivity index (χ1v) is 10.1. The maximum absolute atomic E-state index is 12.7. The number of rotatable bonds is 4. The van der Waals surface area contributed by atoms with E-state index in [1.165, 1.54) is 0 Å². The van der Waals surface area contributed by atoms with Gasteiger partial charge >= 0.3 is 0 Å². The van der Waals surface area contributed by atoms with Gasteiger partial charge in [0, 0.05) is 43.2 Å². The lowest BCUT2D eigenvalue weighted by Crippen LogP contribution is -2.38. The Morgan fingerprint density at radius 1 is 1.00 bits per heavy atom. The van der Waals surface area contributed by atoms with Gasteiger partial charge < -0.3 is 19.7 Å². The summed E-state index contributed by atoms with van der Waals surface area (Å²) in [6.07, 6.45) is 5.06. The molecule has 3 aromatic rings. The van der Waals surface area contributed by atoms with Crippen molar-refractivity contribution in [3.63, 3.8) is 0 Å². The molecular formula is C21H22N6O3. The standard InChI is InChI=1S/C21H22N6O3/c28-21(23-16-2-3-17-18(14-16)30-13-12-29-17)15-6-10-26(11-7-15)19-4-5-20(25-24-19)27-9-1-8-22-27/h1-5,8-9,14-15H,6-7,10-13H2,(H,23,28). The molecule has 0 spiro atoms. The molecule has 0 aliphatic carbocycles. The van der Waals surface area contributed by atoms with E-state index in [2.05, 4.69) is 25.5 Å². The summed E-state index contributed by atoms with van der Waals surface area (Å²) in [5.74, 6) is 2.88. The third-order valence-corrected chi connectivity index (χ3v) is 5.37. The Kier molecular flexibility index (Phi) is 4.92. The summed E-state index contributed by atoms with van der Waals surface area (Å²) in [6.45, 7) is 2.59. The molecule has 0 saturated carbocycles. The monoisotopic (exact) mass is 406 g/mol. The molecule has 0 unspecified atom stereocenters. The van der Waals surface area contributed by atoms with Crippen LogP contribution in [0.4, 0.5) is 11.5 Å². The van der Waals surface area contributed by atoms with E-state index in [9.17, 15) is 4.79 Å². The maximum atomic E-state index is 12.7. The zero-order chi connectivity index (χ0) is 20.3. The van der Waals surface area contributed by atoms with Gasteiger partial charge in [0.05, 0.1) is 0 Å². The predicted molar refractivity (Wildman–Crippen MR) is 110 cm³/mol. The van der Waals surface area contributed by atoms with Gasteiger partial charge in [-0.1, -0.05) is 0 Å². The third-order valence-electron chi connectivity index (χ3n) is 5.37. The Bertz CT molecular complexity index is 1010. The summed E-state index contributed by atoms with van der Waals surface area (Å²) in [6, 6.07) is 11.2. The number of fused-ring (bicyclic) bond motifs is 1. The van der Waals surface area contributed by atoms with Crippen LogP contribution in [0.1, 0.15) is 12.8 Å². The smallest absolute Gasteiger partial charge is 0.227 e. The SMILES string of the molecule is O=C(Nc1ccc2c(c1)OCCO2)C1CCN(c2ccc(-n3cccn3)nn2)CC1. The Labute approximate surface area is 173 Å². The first-order chi connectivity index (χ1) is 14.8. The average Bonchev–Trinajstić information content (AvgIpc) is 3.34. The van der Waals surface area contributed by atoms with Crippen molar-refractivity contribution < 1.29 is 14.3 Å². The van der Waals surface area contributed by atoms with Crippen molar-refractivity contribution in [2.75, 3.05) is 36.5 Å². The zero-order valence-electron chi connectivity index (χ0n) is 16.4. The molecule has 4 heterocycles. The van der Waals surface area contributed by atoms with Crippen molar-refractivity contribution >= 4 is 17.4 Å². The highest BCUT2D eigenvalue weighted by molar-refractivity contribution is 5.93. The highest BCUT2D eigenvalue weighted by atomic mass is 16.6. The van der Waals surface area contributed by atoms with Gasteiger partial charge in [-0.25, -0.2) is 4.68 Å². The van der Waals surface area contributed by atoms with Crippen LogP contribution >= 0.6 is 0 Å². The van der Waals surface area contributed by atoms with Crippen molar-refractivity contribution in [1.29, 1.82) is 0 Å². The molecule has 154 valence electrons. The van der Waals surface area contributed by atoms with Crippen LogP contribution in [-0.4, -0.2) is 52.2 Å². The highest BCUT2D eigenvalue weighted by Gasteiger charge is 2.26. The van der Waals surface area contributed by atoms with E-state index in [4.69, 9.17) is 9.47 Å². The van der Waals surface area contributed by atoms with Crippen molar-refractivity contribution in [2.45, 2.75) is 12.8 Å². The number of ether oxygens (including phenoxy) is 2. The number of anilines is 2. The van der Waals surface area contributed by atoms with Crippen molar-refractivity contribution in [2.24, 2.45) is 5.92 Å². The highest BCUT2D eigenvalue weighted by Crippen LogP contribution is 2.33. The number of aromatic nitrogens is 4. The Balaban J connectivity index is 1.17. The molecule has 9 nitrogen and oxygen atoms in total. The molecule has 0 radical (unpaired) electrons. The molecule has 5 rings (SSSR count). The largest absolute Gasteiger partial charge is 0.486 e. The lowest BCUT2D eigenvalue weighted by Gasteiger charge is -2.31. The van der Waals surface area contributed by atoms with E-state index in [1.807, 2.05) is 42.6 Å². The molecule has 1 N–H and O–H groups in total. The molecular weight excluding hydrogens is 384 g/mol. The van der Waals surface area contributed by atoms with Crippen LogP contribution in [0.5, 0.6) is 11.5 Å². The summed E-state index contributed by atoms with van der Waals surface area (Å²) in [5, 5.41) is 15.7. The minimum atomic E-state index is -0.0363. The fourth-order valence-electron chi connectivity index (χ4n) is 3.75. The molecule has 1 saturated heterocycles. The fourth-order valence-corrected chi connectivity index (χ4v) is 3.75. The van der Waals surface area contributed by atoms with Gasteiger partial charge in [0.2, 0.25) is 5.91 Å². The van der Waals surface area contributed by atoms with Crippen molar-refractivity contribution in [3.8, 4) is 17.3 Å². The van der Waals surface area contributed by atoms with E-state index < -0.39 is 0 Å². The Hall–Kier alpha value is -3.62. The number of amides is 1. The normalized spacial score (nSPS) is 16.3. The zero-order valence-corrected chi connectivity index (χ0v) is 16.4. The minimum absolute atomic E-state index is 0.0337. The van der Waals surface area contributed by atoms with Gasteiger partial charge in [0.1, 0.15) is 13.2 Å². The lowest BCUT2D eigenvalue weighted by molar-refractivity contribution is -0.120. The average molecular weight is 406 g/mol. The van der Waals surface area contributed by atoms with Crippen molar-refractivity contribution in [1.82, 2.24) is 20.0 Å². The summed E-state index contributed by atoms with van der Waals surface area (Å²) in [4.78, 5) is 14.9. The summed E-state index contributed by atoms with van der Waals surface area (Å²) in [5.41, 5.74) is 0.728. The molecule has 30 heavy (non-hydrogen) atoms. The van der Waals surface area contributed by atoms with Gasteiger partial charge in [-0.2, -0.15) is 5.10 Å². The van der Waals surface area contributed by atoms with Crippen LogP contribution in [0.3, 0.4) is 0 Å². The molecule has 0 bridgehead atoms. The van der Waals surface area contributed by atoms with Crippen LogP contribution in [-0.2, 0) is 4.79 Å². The van der Waals surface area contributed by atoms with E-state index >= 15 is 0 Å². The number of hydrogen-bond acceptors (Lipinski definition) is 7. The van der Waals surface area contributed by atoms with Gasteiger partial charge in [-0.15, -0.1) is 10.2 Å². The number of carbonyl (C=O) groups excluding carboxylic acids is 1. The number of benzene rings is 1. The van der Waals surface area contributed by atoms with E-state index in [0.717, 1.165) is 37.4 Å². The maximum Gasteiger partial charge on any atom is 0.227 e. The number of piperidine rings is 1. The fraction of sp³-hybridized carbons (Fsp3) is 0.333. The molecule has 1 amide bonds. The first kappa shape index (κ1) is 18.4. The molecule has 1 fully saturated rings. The van der Waals surface area contributed by atoms with Gasteiger partial charge in [0.25, 0.3) is 0 Å². The van der Waals surface area contributed by atoms with Gasteiger partial charge in [-0.05, 0) is 43.2 Å². The quantitative estimate of drug-likeness (QED) is 0.710. The van der Waals surface area contributed by atoms with E-state index in [0.29, 0.717) is 30.5 Å². The van der Waals surface area contributed by atoms with Crippen LogP contribution < -0.4 is 19.7 Å². The number of nitrogens with zero attached hydrogens (tertiary/aromatic N) is 5. The first-order valence-electron chi connectivity index (χ1n) is 10.1. The molecule has 0 atom stereocenters. The van der Waals surface area contributed by atoms with Crippen LogP contribution in [0, 0.1) is 5.92 Å². The summed E-state index contributed by atoms with van der Waals surface area (Å²) in [7, 11) is 0. The number of nitrogens with one attached hydrogen (secondary N) is 1. The Morgan fingerprint density at radius 2 is 1.77 bits per heavy atom. The number of carbonyl (C=O) groups is 1. The van der Waals surface area contributed by atoms with E-state index in [-0.39, 0.29) is 11.8 Å². The Morgan fingerprint density at radius 3 is 2.50 bits per heavy atom. The molecule has 1 aromatic carbocycles. The molecule has 9 heteroatoms. The van der Waals surface area contributed by atoms with Crippen LogP contribution in [0.25, 0.3) is 5.82 Å². The second-order valence-corrected chi connectivity index (χ2v) is 7.31. The summed E-state index contributed by atoms with van der Waals surface area (Å²) >= 11 is 0. The minimum Gasteiger partial charge on any atom is -0.486 e. The topological polar surface area (TPSA) is 94.4 Å². The van der Waals surface area contributed by atoms with E-state index in [1.54, 1.807) is 10.9 Å². The molecule has 2 aliphatic heterocycles. The predicted octanol–water partition coefficient (Wildman–Crippen LogP) is 2.29. The van der Waals surface area contributed by atoms with Crippen LogP contribution in [0.2, 0.25) is 0 Å². The van der Waals surface area contributed by atoms with Gasteiger partial charge in [0.15, 0.2) is 23.1 Å². The van der Waals surface area contributed by atoms with Crippen molar-refractivity contribution in [3.05, 3.63) is 48.8 Å². The van der Waals surface area contributed by atoms with Crippen LogP contribution in [0.15, 0.2) is 48.8 Å². The van der Waals surface area contributed by atoms with Gasteiger partial charge in [-0.3, -0.25) is 4.79 Å². The lowest BCUT2D eigenvalue weighted by atomic mass is 9.96. The third kappa shape index (κ3) is 3.78.